The molecule has 92 valence electrons. The van der Waals surface area contributed by atoms with E-state index in [2.05, 4.69) is 21.2 Å². The molecule has 1 N–H and O–H groups in total. The van der Waals surface area contributed by atoms with Crippen LogP contribution in [0, 0.1) is 0 Å². The molecule has 17 heavy (non-hydrogen) atoms. The van der Waals surface area contributed by atoms with E-state index in [1.165, 1.54) is 6.92 Å². The highest BCUT2D eigenvalue weighted by atomic mass is 79.9. The van der Waals surface area contributed by atoms with Gasteiger partial charge in [0.05, 0.1) is 0 Å². The number of rotatable bonds is 6. The van der Waals surface area contributed by atoms with Crippen LogP contribution < -0.4 is 5.32 Å². The van der Waals surface area contributed by atoms with E-state index in [-0.39, 0.29) is 11.7 Å². The lowest BCUT2D eigenvalue weighted by Crippen LogP contribution is -2.11. The number of anilines is 1. The standard InChI is InChI=1S/C13H16BrNO2/c1-10(16)11-5-4-6-12(9-11)15-13(17)7-2-3-8-14/h4-6,9H,2-3,7-8H2,1H3,(H,15,17). The average Bonchev–Trinajstić information content (AvgIpc) is 2.29. The molecule has 0 spiro atoms. The second-order valence-electron chi connectivity index (χ2n) is 3.83. The van der Waals surface area contributed by atoms with Crippen LogP contribution >= 0.6 is 15.9 Å². The summed E-state index contributed by atoms with van der Waals surface area (Å²) in [5.41, 5.74) is 1.30. The Labute approximate surface area is 110 Å². The quantitative estimate of drug-likeness (QED) is 0.497. The van der Waals surface area contributed by atoms with E-state index in [9.17, 15) is 9.59 Å². The van der Waals surface area contributed by atoms with Crippen molar-refractivity contribution in [2.24, 2.45) is 0 Å². The minimum Gasteiger partial charge on any atom is -0.326 e. The molecule has 0 atom stereocenters. The molecular weight excluding hydrogens is 282 g/mol. The zero-order chi connectivity index (χ0) is 12.7. The third-order valence-electron chi connectivity index (χ3n) is 2.34. The van der Waals surface area contributed by atoms with E-state index in [0.29, 0.717) is 17.7 Å². The van der Waals surface area contributed by atoms with Gasteiger partial charge >= 0.3 is 0 Å². The van der Waals surface area contributed by atoms with Gasteiger partial charge in [0, 0.05) is 23.0 Å². The van der Waals surface area contributed by atoms with Crippen molar-refractivity contribution in [2.45, 2.75) is 26.2 Å². The Morgan fingerprint density at radius 3 is 2.71 bits per heavy atom. The van der Waals surface area contributed by atoms with Crippen molar-refractivity contribution < 1.29 is 9.59 Å². The Morgan fingerprint density at radius 2 is 2.06 bits per heavy atom. The first-order chi connectivity index (χ1) is 8.13. The van der Waals surface area contributed by atoms with Crippen molar-refractivity contribution in [1.82, 2.24) is 0 Å². The van der Waals surface area contributed by atoms with Crippen LogP contribution in [-0.2, 0) is 4.79 Å². The largest absolute Gasteiger partial charge is 0.326 e. The van der Waals surface area contributed by atoms with Crippen LogP contribution in [0.2, 0.25) is 0 Å². The lowest BCUT2D eigenvalue weighted by atomic mass is 10.1. The number of nitrogens with one attached hydrogen (secondary N) is 1. The fourth-order valence-corrected chi connectivity index (χ4v) is 1.82. The zero-order valence-electron chi connectivity index (χ0n) is 9.83. The molecule has 0 unspecified atom stereocenters. The van der Waals surface area contributed by atoms with Gasteiger partial charge in [-0.25, -0.2) is 0 Å². The maximum absolute atomic E-state index is 11.6. The number of hydrogen-bond acceptors (Lipinski definition) is 2. The van der Waals surface area contributed by atoms with E-state index in [0.717, 1.165) is 18.2 Å². The smallest absolute Gasteiger partial charge is 0.224 e. The molecule has 1 rings (SSSR count). The molecule has 1 aromatic carbocycles. The van der Waals surface area contributed by atoms with Crippen molar-refractivity contribution >= 4 is 33.3 Å². The molecule has 3 nitrogen and oxygen atoms in total. The number of amides is 1. The summed E-state index contributed by atoms with van der Waals surface area (Å²) in [4.78, 5) is 22.7. The predicted molar refractivity (Wildman–Crippen MR) is 72.7 cm³/mol. The van der Waals surface area contributed by atoms with Crippen LogP contribution in [-0.4, -0.2) is 17.0 Å². The number of halogens is 1. The van der Waals surface area contributed by atoms with Crippen molar-refractivity contribution in [2.75, 3.05) is 10.6 Å². The zero-order valence-corrected chi connectivity index (χ0v) is 11.4. The third-order valence-corrected chi connectivity index (χ3v) is 2.90. The first kappa shape index (κ1) is 13.9. The van der Waals surface area contributed by atoms with Crippen LogP contribution in [0.4, 0.5) is 5.69 Å². The molecule has 0 fully saturated rings. The minimum absolute atomic E-state index is 0.000359. The minimum atomic E-state index is -0.00773. The molecule has 1 aromatic rings. The monoisotopic (exact) mass is 297 g/mol. The molecule has 0 aromatic heterocycles. The van der Waals surface area contributed by atoms with Gasteiger partial charge in [-0.1, -0.05) is 28.1 Å². The third kappa shape index (κ3) is 5.13. The Hall–Kier alpha value is -1.16. The summed E-state index contributed by atoms with van der Waals surface area (Å²) in [6.45, 7) is 1.51. The number of carbonyl (C=O) groups is 2. The molecular formula is C13H16BrNO2. The predicted octanol–water partition coefficient (Wildman–Crippen LogP) is 3.39. The van der Waals surface area contributed by atoms with Crippen LogP contribution in [0.3, 0.4) is 0 Å². The first-order valence-electron chi connectivity index (χ1n) is 5.60. The number of hydrogen-bond donors (Lipinski definition) is 1. The SMILES string of the molecule is CC(=O)c1cccc(NC(=O)CCCCBr)c1. The average molecular weight is 298 g/mol. The fourth-order valence-electron chi connectivity index (χ4n) is 1.42. The highest BCUT2D eigenvalue weighted by molar-refractivity contribution is 9.09. The van der Waals surface area contributed by atoms with Gasteiger partial charge in [-0.05, 0) is 31.9 Å². The second-order valence-corrected chi connectivity index (χ2v) is 4.62. The van der Waals surface area contributed by atoms with E-state index >= 15 is 0 Å². The van der Waals surface area contributed by atoms with Gasteiger partial charge < -0.3 is 5.32 Å². The normalized spacial score (nSPS) is 10.0. The van der Waals surface area contributed by atoms with Gasteiger partial charge in [0.25, 0.3) is 0 Å². The highest BCUT2D eigenvalue weighted by Crippen LogP contribution is 2.12. The van der Waals surface area contributed by atoms with Crippen LogP contribution in [0.1, 0.15) is 36.5 Å². The maximum atomic E-state index is 11.6. The molecule has 0 radical (unpaired) electrons. The topological polar surface area (TPSA) is 46.2 Å². The first-order valence-corrected chi connectivity index (χ1v) is 6.72. The molecule has 0 aliphatic heterocycles. The lowest BCUT2D eigenvalue weighted by molar-refractivity contribution is -0.116. The number of carbonyl (C=O) groups excluding carboxylic acids is 2. The Balaban J connectivity index is 2.53. The van der Waals surface area contributed by atoms with Gasteiger partial charge in [-0.3, -0.25) is 9.59 Å². The summed E-state index contributed by atoms with van der Waals surface area (Å²) in [5, 5.41) is 3.71. The fraction of sp³-hybridized carbons (Fsp3) is 0.385. The lowest BCUT2D eigenvalue weighted by Gasteiger charge is -2.05. The van der Waals surface area contributed by atoms with Gasteiger partial charge in [0.15, 0.2) is 5.78 Å². The molecule has 0 aliphatic rings. The molecule has 0 heterocycles. The molecule has 0 aliphatic carbocycles. The summed E-state index contributed by atoms with van der Waals surface area (Å²) in [5.74, 6) is -0.00737. The number of benzene rings is 1. The summed E-state index contributed by atoms with van der Waals surface area (Å²) < 4.78 is 0. The van der Waals surface area contributed by atoms with Gasteiger partial charge in [-0.15, -0.1) is 0 Å². The Bertz CT molecular complexity index is 404. The summed E-state index contributed by atoms with van der Waals surface area (Å²) in [6.07, 6.45) is 2.36. The van der Waals surface area contributed by atoms with Gasteiger partial charge in [0.2, 0.25) is 5.91 Å². The van der Waals surface area contributed by atoms with Gasteiger partial charge in [-0.2, -0.15) is 0 Å². The highest BCUT2D eigenvalue weighted by Gasteiger charge is 2.04. The molecule has 0 bridgehead atoms. The van der Waals surface area contributed by atoms with E-state index in [4.69, 9.17) is 0 Å². The number of ketones is 1. The summed E-state index contributed by atoms with van der Waals surface area (Å²) in [6, 6.07) is 6.99. The van der Waals surface area contributed by atoms with Crippen molar-refractivity contribution in [1.29, 1.82) is 0 Å². The number of alkyl halides is 1. The Morgan fingerprint density at radius 1 is 1.29 bits per heavy atom. The van der Waals surface area contributed by atoms with Crippen LogP contribution in [0.5, 0.6) is 0 Å². The van der Waals surface area contributed by atoms with E-state index < -0.39 is 0 Å². The van der Waals surface area contributed by atoms with E-state index in [1.54, 1.807) is 24.3 Å². The molecule has 1 amide bonds. The maximum Gasteiger partial charge on any atom is 0.224 e. The van der Waals surface area contributed by atoms with Crippen molar-refractivity contribution in [3.63, 3.8) is 0 Å². The van der Waals surface area contributed by atoms with E-state index in [1.807, 2.05) is 0 Å². The van der Waals surface area contributed by atoms with Crippen LogP contribution in [0.15, 0.2) is 24.3 Å². The van der Waals surface area contributed by atoms with Crippen molar-refractivity contribution in [3.8, 4) is 0 Å². The van der Waals surface area contributed by atoms with Crippen LogP contribution in [0.25, 0.3) is 0 Å². The number of unbranched alkanes of at least 4 members (excludes halogenated alkanes) is 1. The van der Waals surface area contributed by atoms with Crippen molar-refractivity contribution in [3.05, 3.63) is 29.8 Å². The molecule has 0 saturated heterocycles. The second kappa shape index (κ2) is 7.22. The number of Topliss-reactive ketones (excluding diaryl/α,β-unsaturated/α-hetero) is 1. The molecule has 4 heteroatoms. The van der Waals surface area contributed by atoms with Gasteiger partial charge in [0.1, 0.15) is 0 Å². The molecule has 0 saturated carbocycles. The Kier molecular flexibility index (Phi) is 5.91. The summed E-state index contributed by atoms with van der Waals surface area (Å²) >= 11 is 3.32. The summed E-state index contributed by atoms with van der Waals surface area (Å²) in [7, 11) is 0.